The molecule has 0 radical (unpaired) electrons. The average molecular weight is 299 g/mol. The Hall–Kier alpha value is -2.82. The van der Waals surface area contributed by atoms with Gasteiger partial charge in [-0.15, -0.1) is 0 Å². The molecule has 2 rings (SSSR count). The highest BCUT2D eigenvalue weighted by molar-refractivity contribution is 5.85. The number of carboxylic acids is 1. The van der Waals surface area contributed by atoms with Crippen LogP contribution in [-0.2, 0) is 11.3 Å². The number of carbonyl (C=O) groups is 1. The van der Waals surface area contributed by atoms with Crippen molar-refractivity contribution < 1.29 is 14.6 Å². The lowest BCUT2D eigenvalue weighted by Crippen LogP contribution is -2.22. The highest BCUT2D eigenvalue weighted by atomic mass is 16.5. The molecule has 0 atom stereocenters. The van der Waals surface area contributed by atoms with Gasteiger partial charge in [0.15, 0.2) is 0 Å². The summed E-state index contributed by atoms with van der Waals surface area (Å²) < 4.78 is 6.74. The summed E-state index contributed by atoms with van der Waals surface area (Å²) in [7, 11) is 1.60. The van der Waals surface area contributed by atoms with Crippen LogP contribution in [0.2, 0.25) is 0 Å². The number of pyridine rings is 1. The quantitative estimate of drug-likeness (QED) is 0.862. The van der Waals surface area contributed by atoms with Crippen LogP contribution in [0.3, 0.4) is 0 Å². The van der Waals surface area contributed by atoms with E-state index in [0.717, 1.165) is 23.1 Å². The monoisotopic (exact) mass is 299 g/mol. The summed E-state index contributed by atoms with van der Waals surface area (Å²) in [5.41, 5.74) is 1.81. The van der Waals surface area contributed by atoms with Crippen molar-refractivity contribution in [1.29, 1.82) is 0 Å². The molecule has 1 heterocycles. The maximum absolute atomic E-state index is 12.4. The predicted molar refractivity (Wildman–Crippen MR) is 85.0 cm³/mol. The molecule has 1 aromatic carbocycles. The van der Waals surface area contributed by atoms with Gasteiger partial charge >= 0.3 is 5.97 Å². The van der Waals surface area contributed by atoms with Crippen molar-refractivity contribution >= 4 is 12.0 Å². The Kier molecular flexibility index (Phi) is 4.78. The average Bonchev–Trinajstić information content (AvgIpc) is 2.53. The van der Waals surface area contributed by atoms with Gasteiger partial charge in [0.2, 0.25) is 0 Å². The third kappa shape index (κ3) is 3.25. The zero-order chi connectivity index (χ0) is 16.1. The topological polar surface area (TPSA) is 68.5 Å². The van der Waals surface area contributed by atoms with E-state index in [-0.39, 0.29) is 5.56 Å². The van der Waals surface area contributed by atoms with Gasteiger partial charge in [-0.3, -0.25) is 4.79 Å². The van der Waals surface area contributed by atoms with Crippen LogP contribution in [-0.4, -0.2) is 22.8 Å². The van der Waals surface area contributed by atoms with Gasteiger partial charge < -0.3 is 14.4 Å². The van der Waals surface area contributed by atoms with E-state index in [4.69, 9.17) is 9.84 Å². The van der Waals surface area contributed by atoms with Crippen molar-refractivity contribution in [3.05, 3.63) is 58.4 Å². The Morgan fingerprint density at radius 2 is 1.91 bits per heavy atom. The van der Waals surface area contributed by atoms with Crippen molar-refractivity contribution in [3.8, 4) is 17.0 Å². The second kappa shape index (κ2) is 6.76. The first-order chi connectivity index (χ1) is 10.6. The maximum atomic E-state index is 12.4. The predicted octanol–water partition coefficient (Wildman–Crippen LogP) is 2.64. The van der Waals surface area contributed by atoms with E-state index in [0.29, 0.717) is 12.1 Å². The molecule has 0 aliphatic carbocycles. The lowest BCUT2D eigenvalue weighted by atomic mass is 10.1. The van der Waals surface area contributed by atoms with Gasteiger partial charge in [0.1, 0.15) is 5.75 Å². The molecule has 5 heteroatoms. The van der Waals surface area contributed by atoms with Gasteiger partial charge in [-0.2, -0.15) is 0 Å². The van der Waals surface area contributed by atoms with E-state index in [1.807, 2.05) is 37.3 Å². The number of hydrogen-bond acceptors (Lipinski definition) is 3. The fraction of sp³-hybridized carbons (Fsp3) is 0.176. The molecule has 0 saturated carbocycles. The molecule has 114 valence electrons. The molecule has 22 heavy (non-hydrogen) atoms. The Morgan fingerprint density at radius 3 is 2.45 bits per heavy atom. The normalized spacial score (nSPS) is 10.8. The van der Waals surface area contributed by atoms with Gasteiger partial charge in [0.25, 0.3) is 5.56 Å². The fourth-order valence-electron chi connectivity index (χ4n) is 2.21. The number of hydrogen-bond donors (Lipinski definition) is 1. The van der Waals surface area contributed by atoms with Crippen LogP contribution in [0.4, 0.5) is 0 Å². The van der Waals surface area contributed by atoms with Crippen molar-refractivity contribution in [3.63, 3.8) is 0 Å². The van der Waals surface area contributed by atoms with Crippen molar-refractivity contribution in [2.75, 3.05) is 7.11 Å². The number of aliphatic carboxylic acids is 1. The summed E-state index contributed by atoms with van der Waals surface area (Å²) in [5, 5.41) is 8.67. The van der Waals surface area contributed by atoms with Crippen LogP contribution in [0, 0.1) is 0 Å². The molecule has 0 fully saturated rings. The van der Waals surface area contributed by atoms with Crippen LogP contribution < -0.4 is 10.3 Å². The summed E-state index contributed by atoms with van der Waals surface area (Å²) in [6.07, 6.45) is 2.28. The second-order valence-corrected chi connectivity index (χ2v) is 4.62. The van der Waals surface area contributed by atoms with E-state index in [9.17, 15) is 9.59 Å². The molecule has 2 aromatic rings. The van der Waals surface area contributed by atoms with Crippen molar-refractivity contribution in [2.45, 2.75) is 13.5 Å². The van der Waals surface area contributed by atoms with Gasteiger partial charge in [-0.25, -0.2) is 4.79 Å². The Labute approximate surface area is 128 Å². The number of rotatable bonds is 5. The maximum Gasteiger partial charge on any atom is 0.328 e. The summed E-state index contributed by atoms with van der Waals surface area (Å²) in [6, 6.07) is 10.9. The molecule has 1 N–H and O–H groups in total. The summed E-state index contributed by atoms with van der Waals surface area (Å²) in [4.78, 5) is 23.0. The molecule has 0 spiro atoms. The molecule has 0 bridgehead atoms. The van der Waals surface area contributed by atoms with E-state index >= 15 is 0 Å². The number of carboxylic acid groups (broad SMARTS) is 1. The van der Waals surface area contributed by atoms with Crippen LogP contribution in [0.15, 0.2) is 47.3 Å². The van der Waals surface area contributed by atoms with Crippen LogP contribution >= 0.6 is 0 Å². The largest absolute Gasteiger partial charge is 0.497 e. The van der Waals surface area contributed by atoms with Crippen molar-refractivity contribution in [2.24, 2.45) is 0 Å². The van der Waals surface area contributed by atoms with Crippen LogP contribution in [0.5, 0.6) is 5.75 Å². The van der Waals surface area contributed by atoms with E-state index in [2.05, 4.69) is 0 Å². The molecule has 0 saturated heterocycles. The lowest BCUT2D eigenvalue weighted by molar-refractivity contribution is -0.131. The molecule has 5 nitrogen and oxygen atoms in total. The first-order valence-corrected chi connectivity index (χ1v) is 6.86. The first kappa shape index (κ1) is 15.6. The SMILES string of the molecule is CCn1c(-c2ccc(OC)cc2)ccc(/C=C/C(=O)O)c1=O. The van der Waals surface area contributed by atoms with Crippen molar-refractivity contribution in [1.82, 2.24) is 4.57 Å². The first-order valence-electron chi connectivity index (χ1n) is 6.86. The zero-order valence-corrected chi connectivity index (χ0v) is 12.4. The molecule has 0 unspecified atom stereocenters. The number of aromatic nitrogens is 1. The zero-order valence-electron chi connectivity index (χ0n) is 12.4. The minimum atomic E-state index is -1.08. The highest BCUT2D eigenvalue weighted by Gasteiger charge is 2.08. The molecular formula is C17H17NO4. The third-order valence-corrected chi connectivity index (χ3v) is 3.31. The van der Waals surface area contributed by atoms with Gasteiger partial charge in [-0.05, 0) is 55.0 Å². The Bertz CT molecular complexity index is 757. The van der Waals surface area contributed by atoms with Gasteiger partial charge in [0.05, 0.1) is 12.8 Å². The number of ether oxygens (including phenoxy) is 1. The molecule has 1 aromatic heterocycles. The minimum absolute atomic E-state index is 0.215. The number of benzene rings is 1. The molecular weight excluding hydrogens is 282 g/mol. The van der Waals surface area contributed by atoms with Crippen LogP contribution in [0.1, 0.15) is 12.5 Å². The van der Waals surface area contributed by atoms with E-state index < -0.39 is 5.97 Å². The van der Waals surface area contributed by atoms with Crippen LogP contribution in [0.25, 0.3) is 17.3 Å². The molecule has 0 aliphatic heterocycles. The van der Waals surface area contributed by atoms with E-state index in [1.165, 1.54) is 6.08 Å². The third-order valence-electron chi connectivity index (χ3n) is 3.31. The second-order valence-electron chi connectivity index (χ2n) is 4.62. The fourth-order valence-corrected chi connectivity index (χ4v) is 2.21. The summed E-state index contributed by atoms with van der Waals surface area (Å²) in [5.74, 6) is -0.336. The number of nitrogens with zero attached hydrogens (tertiary/aromatic N) is 1. The van der Waals surface area contributed by atoms with E-state index in [1.54, 1.807) is 17.7 Å². The summed E-state index contributed by atoms with van der Waals surface area (Å²) in [6.45, 7) is 2.37. The molecule has 0 amide bonds. The standard InChI is InChI=1S/C17H17NO4/c1-3-18-15(12-4-8-14(22-2)9-5-12)10-6-13(17(18)21)7-11-16(19)20/h4-11H,3H2,1-2H3,(H,19,20)/b11-7+. The Morgan fingerprint density at radius 1 is 1.23 bits per heavy atom. The molecule has 0 aliphatic rings. The minimum Gasteiger partial charge on any atom is -0.497 e. The smallest absolute Gasteiger partial charge is 0.328 e. The summed E-state index contributed by atoms with van der Waals surface area (Å²) >= 11 is 0. The van der Waals surface area contributed by atoms with Gasteiger partial charge in [0, 0.05) is 18.2 Å². The number of methoxy groups -OCH3 is 1. The highest BCUT2D eigenvalue weighted by Crippen LogP contribution is 2.22. The van der Waals surface area contributed by atoms with Gasteiger partial charge in [-0.1, -0.05) is 0 Å². The lowest BCUT2D eigenvalue weighted by Gasteiger charge is -2.12. The Balaban J connectivity index is 2.51.